The Balaban J connectivity index is 2.10. The fourth-order valence-electron chi connectivity index (χ4n) is 2.78. The van der Waals surface area contributed by atoms with E-state index in [4.69, 9.17) is 5.73 Å². The van der Waals surface area contributed by atoms with Crippen molar-refractivity contribution in [1.29, 1.82) is 0 Å². The first-order chi connectivity index (χ1) is 8.53. The second kappa shape index (κ2) is 5.34. The van der Waals surface area contributed by atoms with Crippen LogP contribution in [0.4, 0.5) is 8.78 Å². The molecule has 0 saturated heterocycles. The van der Waals surface area contributed by atoms with E-state index in [0.717, 1.165) is 25.2 Å². The molecule has 2 unspecified atom stereocenters. The van der Waals surface area contributed by atoms with Crippen molar-refractivity contribution in [3.8, 4) is 0 Å². The number of aromatic nitrogens is 2. The molecule has 2 rings (SSSR count). The molecule has 3 nitrogen and oxygen atoms in total. The van der Waals surface area contributed by atoms with Crippen LogP contribution in [0.1, 0.15) is 50.9 Å². The summed E-state index contributed by atoms with van der Waals surface area (Å²) in [6.45, 7) is 2.91. The van der Waals surface area contributed by atoms with Gasteiger partial charge in [-0.15, -0.1) is 0 Å². The van der Waals surface area contributed by atoms with Gasteiger partial charge in [-0.05, 0) is 25.2 Å². The molecule has 0 radical (unpaired) electrons. The molecule has 1 saturated carbocycles. The predicted octanol–water partition coefficient (Wildman–Crippen LogP) is 3.12. The summed E-state index contributed by atoms with van der Waals surface area (Å²) in [4.78, 5) is 4.25. The molecular formula is C13H21F2N3. The highest BCUT2D eigenvalue weighted by molar-refractivity contribution is 5.02. The van der Waals surface area contributed by atoms with Gasteiger partial charge < -0.3 is 10.3 Å². The first kappa shape index (κ1) is 13.5. The van der Waals surface area contributed by atoms with Crippen LogP contribution in [0.15, 0.2) is 12.4 Å². The summed E-state index contributed by atoms with van der Waals surface area (Å²) < 4.78 is 28.8. The third-order valence-electron chi connectivity index (χ3n) is 3.70. The second-order valence-corrected chi connectivity index (χ2v) is 5.22. The Labute approximate surface area is 106 Å². The molecule has 2 atom stereocenters. The van der Waals surface area contributed by atoms with Crippen molar-refractivity contribution in [2.75, 3.05) is 0 Å². The number of rotatable bonds is 4. The third-order valence-corrected chi connectivity index (χ3v) is 3.70. The van der Waals surface area contributed by atoms with Gasteiger partial charge in [0.05, 0.1) is 6.04 Å². The molecule has 0 amide bonds. The molecule has 102 valence electrons. The van der Waals surface area contributed by atoms with Gasteiger partial charge in [0.2, 0.25) is 5.92 Å². The van der Waals surface area contributed by atoms with E-state index in [1.165, 1.54) is 0 Å². The van der Waals surface area contributed by atoms with Crippen LogP contribution in [0.2, 0.25) is 0 Å². The summed E-state index contributed by atoms with van der Waals surface area (Å²) in [6.07, 6.45) is 5.78. The number of halogens is 2. The predicted molar refractivity (Wildman–Crippen MR) is 66.4 cm³/mol. The zero-order valence-electron chi connectivity index (χ0n) is 10.8. The second-order valence-electron chi connectivity index (χ2n) is 5.22. The Bertz CT molecular complexity index is 389. The molecule has 0 aliphatic heterocycles. The minimum Gasteiger partial charge on any atom is -0.334 e. The van der Waals surface area contributed by atoms with Gasteiger partial charge in [-0.2, -0.15) is 0 Å². The number of nitrogens with two attached hydrogens (primary N) is 1. The maximum Gasteiger partial charge on any atom is 0.248 e. The van der Waals surface area contributed by atoms with Gasteiger partial charge in [0.15, 0.2) is 0 Å². The molecule has 18 heavy (non-hydrogen) atoms. The number of alkyl halides is 2. The van der Waals surface area contributed by atoms with E-state index in [1.807, 2.05) is 10.8 Å². The van der Waals surface area contributed by atoms with Gasteiger partial charge in [0, 0.05) is 31.8 Å². The van der Waals surface area contributed by atoms with Crippen molar-refractivity contribution in [3.63, 3.8) is 0 Å². The maximum atomic E-state index is 13.4. The van der Waals surface area contributed by atoms with Gasteiger partial charge >= 0.3 is 0 Å². The lowest BCUT2D eigenvalue weighted by atomic mass is 9.82. The van der Waals surface area contributed by atoms with Crippen LogP contribution in [0.25, 0.3) is 0 Å². The minimum atomic E-state index is -2.55. The Morgan fingerprint density at radius 3 is 3.06 bits per heavy atom. The number of hydrogen-bond acceptors (Lipinski definition) is 2. The summed E-state index contributed by atoms with van der Waals surface area (Å²) in [6, 6.07) is -0.377. The standard InChI is InChI=1S/C13H21F2N3/c1-2-7-18-8-6-17-12(18)11(16)10-4-3-5-13(14,15)9-10/h6,8,10-11H,2-5,7,9,16H2,1H3. The number of aryl methyl sites for hydroxylation is 1. The summed E-state index contributed by atoms with van der Waals surface area (Å²) in [5.41, 5.74) is 6.15. The van der Waals surface area contributed by atoms with E-state index in [1.54, 1.807) is 6.20 Å². The van der Waals surface area contributed by atoms with Gasteiger partial charge in [-0.3, -0.25) is 0 Å². The van der Waals surface area contributed by atoms with Crippen molar-refractivity contribution in [3.05, 3.63) is 18.2 Å². The highest BCUT2D eigenvalue weighted by atomic mass is 19.3. The quantitative estimate of drug-likeness (QED) is 0.900. The van der Waals surface area contributed by atoms with E-state index >= 15 is 0 Å². The average molecular weight is 257 g/mol. The average Bonchev–Trinajstić information content (AvgIpc) is 2.75. The molecule has 2 N–H and O–H groups in total. The molecule has 1 aromatic rings. The SMILES string of the molecule is CCCn1ccnc1C(N)C1CCCC(F)(F)C1. The third kappa shape index (κ3) is 2.88. The first-order valence-corrected chi connectivity index (χ1v) is 6.68. The first-order valence-electron chi connectivity index (χ1n) is 6.68. The highest BCUT2D eigenvalue weighted by Gasteiger charge is 2.39. The number of nitrogens with zero attached hydrogens (tertiary/aromatic N) is 2. The summed E-state index contributed by atoms with van der Waals surface area (Å²) in [7, 11) is 0. The fraction of sp³-hybridized carbons (Fsp3) is 0.769. The summed E-state index contributed by atoms with van der Waals surface area (Å²) in [5, 5.41) is 0. The van der Waals surface area contributed by atoms with E-state index in [2.05, 4.69) is 11.9 Å². The molecule has 1 aliphatic rings. The molecule has 0 bridgehead atoms. The van der Waals surface area contributed by atoms with Gasteiger partial charge in [-0.1, -0.05) is 6.92 Å². The topological polar surface area (TPSA) is 43.8 Å². The van der Waals surface area contributed by atoms with Crippen molar-refractivity contribution in [1.82, 2.24) is 9.55 Å². The van der Waals surface area contributed by atoms with Crippen molar-refractivity contribution in [2.24, 2.45) is 11.7 Å². The Morgan fingerprint density at radius 1 is 1.61 bits per heavy atom. The maximum absolute atomic E-state index is 13.4. The van der Waals surface area contributed by atoms with E-state index < -0.39 is 5.92 Å². The van der Waals surface area contributed by atoms with Gasteiger partial charge in [0.25, 0.3) is 0 Å². The van der Waals surface area contributed by atoms with Crippen LogP contribution in [0, 0.1) is 5.92 Å². The van der Waals surface area contributed by atoms with Gasteiger partial charge in [-0.25, -0.2) is 13.8 Å². The van der Waals surface area contributed by atoms with Crippen LogP contribution in [0.3, 0.4) is 0 Å². The van der Waals surface area contributed by atoms with Crippen LogP contribution >= 0.6 is 0 Å². The Hall–Kier alpha value is -0.970. The fourth-order valence-corrected chi connectivity index (χ4v) is 2.78. The lowest BCUT2D eigenvalue weighted by molar-refractivity contribution is -0.0569. The van der Waals surface area contributed by atoms with Crippen LogP contribution < -0.4 is 5.73 Å². The lowest BCUT2D eigenvalue weighted by Crippen LogP contribution is -2.34. The molecular weight excluding hydrogens is 236 g/mol. The normalized spacial score (nSPS) is 25.0. The molecule has 0 aromatic carbocycles. The zero-order chi connectivity index (χ0) is 13.2. The van der Waals surface area contributed by atoms with E-state index in [9.17, 15) is 8.78 Å². The zero-order valence-corrected chi connectivity index (χ0v) is 10.8. The lowest BCUT2D eigenvalue weighted by Gasteiger charge is -2.32. The van der Waals surface area contributed by atoms with Crippen molar-refractivity contribution < 1.29 is 8.78 Å². The summed E-state index contributed by atoms with van der Waals surface area (Å²) >= 11 is 0. The van der Waals surface area contributed by atoms with Crippen LogP contribution in [-0.2, 0) is 6.54 Å². The molecule has 1 fully saturated rings. The van der Waals surface area contributed by atoms with Crippen molar-refractivity contribution in [2.45, 2.75) is 57.5 Å². The monoisotopic (exact) mass is 257 g/mol. The summed E-state index contributed by atoms with van der Waals surface area (Å²) in [5.74, 6) is -1.96. The van der Waals surface area contributed by atoms with Gasteiger partial charge in [0.1, 0.15) is 5.82 Å². The Kier molecular flexibility index (Phi) is 4.00. The van der Waals surface area contributed by atoms with E-state index in [0.29, 0.717) is 6.42 Å². The number of imidazole rings is 1. The smallest absolute Gasteiger partial charge is 0.248 e. The highest BCUT2D eigenvalue weighted by Crippen LogP contribution is 2.40. The van der Waals surface area contributed by atoms with Crippen LogP contribution in [0.5, 0.6) is 0 Å². The minimum absolute atomic E-state index is 0.000377. The molecule has 1 heterocycles. The number of hydrogen-bond donors (Lipinski definition) is 1. The molecule has 1 aromatic heterocycles. The molecule has 5 heteroatoms. The van der Waals surface area contributed by atoms with E-state index in [-0.39, 0.29) is 24.8 Å². The van der Waals surface area contributed by atoms with Crippen molar-refractivity contribution >= 4 is 0 Å². The molecule has 1 aliphatic carbocycles. The van der Waals surface area contributed by atoms with Crippen LogP contribution in [-0.4, -0.2) is 15.5 Å². The largest absolute Gasteiger partial charge is 0.334 e. The Morgan fingerprint density at radius 2 is 2.39 bits per heavy atom. The molecule has 0 spiro atoms.